The molecule has 3 fully saturated rings. The highest BCUT2D eigenvalue weighted by atomic mass is 16.6. The zero-order chi connectivity index (χ0) is 24.9. The van der Waals surface area contributed by atoms with Crippen molar-refractivity contribution in [2.45, 2.75) is 84.2 Å². The molecule has 3 unspecified atom stereocenters. The van der Waals surface area contributed by atoms with E-state index < -0.39 is 41.1 Å². The van der Waals surface area contributed by atoms with Gasteiger partial charge >= 0.3 is 5.97 Å². The molecule has 3 aliphatic rings. The van der Waals surface area contributed by atoms with Crippen LogP contribution in [0, 0.1) is 23.7 Å². The molecular weight excluding hydrogens is 424 g/mol. The SMILES string of the molecule is C=CCN(C(=O)C1N([C@@H](CO)C(C)C)C(=O)[C@@H]2[C@H](C(=O)OCC)[C@@]3(C)OC12CC3C)C(C)C. The maximum absolute atomic E-state index is 14.1. The molecule has 0 saturated carbocycles. The number of aliphatic hydroxyl groups excluding tert-OH is 1. The molecule has 8 heteroatoms. The minimum Gasteiger partial charge on any atom is -0.466 e. The van der Waals surface area contributed by atoms with Crippen LogP contribution in [0.3, 0.4) is 0 Å². The number of ether oxygens (including phenoxy) is 2. The molecule has 3 rings (SSSR count). The van der Waals surface area contributed by atoms with Crippen molar-refractivity contribution in [2.75, 3.05) is 19.8 Å². The van der Waals surface area contributed by atoms with Gasteiger partial charge in [-0.2, -0.15) is 0 Å². The van der Waals surface area contributed by atoms with Gasteiger partial charge in [-0.25, -0.2) is 0 Å². The summed E-state index contributed by atoms with van der Waals surface area (Å²) >= 11 is 0. The van der Waals surface area contributed by atoms with Gasteiger partial charge in [0.05, 0.1) is 30.8 Å². The van der Waals surface area contributed by atoms with E-state index in [4.69, 9.17) is 9.47 Å². The standard InChI is InChI=1S/C25H40N2O6/c1-9-11-26(15(5)6)22(30)20-25-12-16(7)24(8,33-25)19(23(31)32-10-2)18(25)21(29)27(20)17(13-28)14(3)4/h9,14-20,28H,1,10-13H2,2-8H3/t16?,17-,18-,19+,20?,24-,25?/m0/s1. The van der Waals surface area contributed by atoms with Crippen molar-refractivity contribution in [2.24, 2.45) is 23.7 Å². The monoisotopic (exact) mass is 464 g/mol. The van der Waals surface area contributed by atoms with E-state index in [2.05, 4.69) is 6.58 Å². The maximum Gasteiger partial charge on any atom is 0.312 e. The van der Waals surface area contributed by atoms with Gasteiger partial charge in [0.15, 0.2) is 0 Å². The molecule has 0 aromatic heterocycles. The lowest BCUT2D eigenvalue weighted by Gasteiger charge is -2.41. The van der Waals surface area contributed by atoms with E-state index in [0.717, 1.165) is 0 Å². The van der Waals surface area contributed by atoms with Gasteiger partial charge in [0.2, 0.25) is 11.8 Å². The number of amides is 2. The van der Waals surface area contributed by atoms with Gasteiger partial charge in [-0.15, -0.1) is 6.58 Å². The summed E-state index contributed by atoms with van der Waals surface area (Å²) in [5, 5.41) is 10.3. The number of esters is 1. The number of hydrogen-bond acceptors (Lipinski definition) is 6. The third kappa shape index (κ3) is 3.60. The quantitative estimate of drug-likeness (QED) is 0.414. The van der Waals surface area contributed by atoms with Crippen LogP contribution < -0.4 is 0 Å². The van der Waals surface area contributed by atoms with E-state index >= 15 is 0 Å². The van der Waals surface area contributed by atoms with Crippen LogP contribution in [0.4, 0.5) is 0 Å². The fourth-order valence-corrected chi connectivity index (χ4v) is 6.38. The van der Waals surface area contributed by atoms with E-state index in [0.29, 0.717) is 13.0 Å². The predicted molar refractivity (Wildman–Crippen MR) is 123 cm³/mol. The van der Waals surface area contributed by atoms with Gasteiger partial charge in [-0.05, 0) is 46.0 Å². The highest BCUT2D eigenvalue weighted by molar-refractivity contribution is 5.99. The Morgan fingerprint density at radius 3 is 2.48 bits per heavy atom. The molecule has 1 N–H and O–H groups in total. The lowest BCUT2D eigenvalue weighted by Crippen LogP contribution is -2.60. The molecule has 8 nitrogen and oxygen atoms in total. The summed E-state index contributed by atoms with van der Waals surface area (Å²) in [5.74, 6) is -2.77. The average Bonchev–Trinajstić information content (AvgIpc) is 3.23. The van der Waals surface area contributed by atoms with Crippen LogP contribution in [-0.4, -0.2) is 81.8 Å². The molecule has 2 amide bonds. The number of hydrogen-bond donors (Lipinski definition) is 1. The van der Waals surface area contributed by atoms with Crippen LogP contribution in [0.25, 0.3) is 0 Å². The van der Waals surface area contributed by atoms with Crippen molar-refractivity contribution in [3.05, 3.63) is 12.7 Å². The molecule has 3 heterocycles. The molecular formula is C25H40N2O6. The van der Waals surface area contributed by atoms with Crippen LogP contribution in [0.15, 0.2) is 12.7 Å². The van der Waals surface area contributed by atoms with E-state index in [9.17, 15) is 19.5 Å². The number of fused-ring (bicyclic) bond motifs is 1. The Morgan fingerprint density at radius 2 is 2.00 bits per heavy atom. The molecule has 3 saturated heterocycles. The normalized spacial score (nSPS) is 35.8. The van der Waals surface area contributed by atoms with Gasteiger partial charge in [0.25, 0.3) is 0 Å². The second-order valence-electron chi connectivity index (χ2n) is 10.6. The van der Waals surface area contributed by atoms with E-state index in [1.165, 1.54) is 4.90 Å². The van der Waals surface area contributed by atoms with E-state index in [1.54, 1.807) is 17.9 Å². The second-order valence-corrected chi connectivity index (χ2v) is 10.6. The second kappa shape index (κ2) is 9.02. The molecule has 0 aromatic rings. The van der Waals surface area contributed by atoms with Gasteiger partial charge < -0.3 is 24.4 Å². The molecule has 3 aliphatic heterocycles. The van der Waals surface area contributed by atoms with Crippen LogP contribution in [0.5, 0.6) is 0 Å². The minimum absolute atomic E-state index is 0.0512. The van der Waals surface area contributed by atoms with Gasteiger partial charge in [0.1, 0.15) is 17.6 Å². The molecule has 0 aromatic carbocycles. The van der Waals surface area contributed by atoms with Crippen molar-refractivity contribution in [1.82, 2.24) is 9.80 Å². The largest absolute Gasteiger partial charge is 0.466 e. The van der Waals surface area contributed by atoms with Crippen LogP contribution in [0.2, 0.25) is 0 Å². The van der Waals surface area contributed by atoms with Crippen molar-refractivity contribution in [1.29, 1.82) is 0 Å². The zero-order valence-corrected chi connectivity index (χ0v) is 21.0. The van der Waals surface area contributed by atoms with E-state index in [-0.39, 0.29) is 42.9 Å². The molecule has 2 bridgehead atoms. The topological polar surface area (TPSA) is 96.4 Å². The summed E-state index contributed by atoms with van der Waals surface area (Å²) in [4.78, 5) is 44.5. The molecule has 7 atom stereocenters. The summed E-state index contributed by atoms with van der Waals surface area (Å²) in [6, 6.07) is -1.62. The summed E-state index contributed by atoms with van der Waals surface area (Å²) in [7, 11) is 0. The Hall–Kier alpha value is -1.93. The number of likely N-dealkylation sites (tertiary alicyclic amines) is 1. The van der Waals surface area contributed by atoms with Crippen LogP contribution in [0.1, 0.15) is 54.9 Å². The average molecular weight is 465 g/mol. The first kappa shape index (κ1) is 25.7. The zero-order valence-electron chi connectivity index (χ0n) is 21.0. The molecule has 0 radical (unpaired) electrons. The van der Waals surface area contributed by atoms with Gasteiger partial charge in [-0.1, -0.05) is 26.8 Å². The Balaban J connectivity index is 2.20. The van der Waals surface area contributed by atoms with Crippen molar-refractivity contribution >= 4 is 17.8 Å². The van der Waals surface area contributed by atoms with Gasteiger partial charge in [0, 0.05) is 12.6 Å². The molecule has 1 spiro atoms. The van der Waals surface area contributed by atoms with Crippen LogP contribution in [-0.2, 0) is 23.9 Å². The van der Waals surface area contributed by atoms with Crippen molar-refractivity contribution in [3.8, 4) is 0 Å². The number of carbonyl (C=O) groups is 3. The molecule has 186 valence electrons. The predicted octanol–water partition coefficient (Wildman–Crippen LogP) is 2.00. The third-order valence-electron chi connectivity index (χ3n) is 8.07. The number of nitrogens with zero attached hydrogens (tertiary/aromatic N) is 2. The lowest BCUT2D eigenvalue weighted by atomic mass is 9.62. The first-order chi connectivity index (χ1) is 15.4. The fraction of sp³-hybridized carbons (Fsp3) is 0.800. The number of carbonyl (C=O) groups excluding carboxylic acids is 3. The molecule has 0 aliphatic carbocycles. The highest BCUT2D eigenvalue weighted by Gasteiger charge is 2.80. The Kier molecular flexibility index (Phi) is 7.02. The summed E-state index contributed by atoms with van der Waals surface area (Å²) in [6.45, 7) is 17.3. The third-order valence-corrected chi connectivity index (χ3v) is 8.07. The lowest BCUT2D eigenvalue weighted by molar-refractivity contribution is -0.164. The maximum atomic E-state index is 14.1. The Morgan fingerprint density at radius 1 is 1.36 bits per heavy atom. The van der Waals surface area contributed by atoms with Crippen molar-refractivity contribution in [3.63, 3.8) is 0 Å². The fourth-order valence-electron chi connectivity index (χ4n) is 6.38. The van der Waals surface area contributed by atoms with Crippen LogP contribution >= 0.6 is 0 Å². The highest BCUT2D eigenvalue weighted by Crippen LogP contribution is 2.65. The summed E-state index contributed by atoms with van der Waals surface area (Å²) in [6.07, 6.45) is 2.15. The Bertz CT molecular complexity index is 813. The van der Waals surface area contributed by atoms with Gasteiger partial charge in [-0.3, -0.25) is 14.4 Å². The van der Waals surface area contributed by atoms with E-state index in [1.807, 2.05) is 41.5 Å². The Labute approximate surface area is 197 Å². The summed E-state index contributed by atoms with van der Waals surface area (Å²) in [5.41, 5.74) is -2.04. The first-order valence-corrected chi connectivity index (χ1v) is 12.1. The number of aliphatic hydroxyl groups is 1. The first-order valence-electron chi connectivity index (χ1n) is 12.1. The minimum atomic E-state index is -1.14. The smallest absolute Gasteiger partial charge is 0.312 e. The summed E-state index contributed by atoms with van der Waals surface area (Å²) < 4.78 is 12.0. The van der Waals surface area contributed by atoms with Crippen molar-refractivity contribution < 1.29 is 29.0 Å². The number of rotatable bonds is 9. The molecule has 33 heavy (non-hydrogen) atoms.